The van der Waals surface area contributed by atoms with Gasteiger partial charge in [0.15, 0.2) is 6.04 Å². The van der Waals surface area contributed by atoms with Crippen LogP contribution >= 0.6 is 0 Å². The molecule has 1 fully saturated rings. The molecule has 0 saturated heterocycles. The van der Waals surface area contributed by atoms with Crippen LogP contribution in [-0.4, -0.2) is 40.9 Å². The van der Waals surface area contributed by atoms with Crippen LogP contribution in [0.15, 0.2) is 6.33 Å². The van der Waals surface area contributed by atoms with E-state index in [0.717, 1.165) is 12.8 Å². The highest BCUT2D eigenvalue weighted by atomic mass is 16.5. The Morgan fingerprint density at radius 3 is 2.65 bits per heavy atom. The number of carbonyl (C=O) groups is 2. The predicted octanol–water partition coefficient (Wildman–Crippen LogP) is 0.189. The van der Waals surface area contributed by atoms with Crippen LogP contribution in [0, 0.1) is 5.92 Å². The summed E-state index contributed by atoms with van der Waals surface area (Å²) in [5.74, 6) is -0.825. The number of ether oxygens (including phenoxy) is 2. The van der Waals surface area contributed by atoms with Gasteiger partial charge in [0.25, 0.3) is 5.82 Å². The van der Waals surface area contributed by atoms with Crippen LogP contribution in [0.1, 0.15) is 29.5 Å². The Morgan fingerprint density at radius 2 is 2.12 bits per heavy atom. The number of nitrogens with zero attached hydrogens (tertiary/aromatic N) is 3. The summed E-state index contributed by atoms with van der Waals surface area (Å²) in [7, 11) is 2.58. The standard InChI is InChI=1S/C10H13N3O4/c1-16-9(14)7(6-3-4-6)13-5-11-8(12-13)10(15)17-2/h5-7H,3-4H2,1-2H3. The summed E-state index contributed by atoms with van der Waals surface area (Å²) in [5.41, 5.74) is 0. The third kappa shape index (κ3) is 2.27. The van der Waals surface area contributed by atoms with Crippen LogP contribution in [0.2, 0.25) is 0 Å². The van der Waals surface area contributed by atoms with E-state index in [-0.39, 0.29) is 17.7 Å². The van der Waals surface area contributed by atoms with Crippen molar-refractivity contribution in [1.29, 1.82) is 0 Å². The van der Waals surface area contributed by atoms with Gasteiger partial charge in [0.1, 0.15) is 6.33 Å². The van der Waals surface area contributed by atoms with Gasteiger partial charge in [0.05, 0.1) is 14.2 Å². The summed E-state index contributed by atoms with van der Waals surface area (Å²) in [6.07, 6.45) is 3.26. The molecule has 7 heteroatoms. The first-order valence-electron chi connectivity index (χ1n) is 5.24. The average Bonchev–Trinajstić information content (AvgIpc) is 3.05. The molecular formula is C10H13N3O4. The molecule has 0 N–H and O–H groups in total. The number of esters is 2. The minimum absolute atomic E-state index is 0.0537. The van der Waals surface area contributed by atoms with Gasteiger partial charge < -0.3 is 9.47 Å². The van der Waals surface area contributed by atoms with Crippen molar-refractivity contribution >= 4 is 11.9 Å². The number of aromatic nitrogens is 3. The molecule has 1 heterocycles. The second-order valence-corrected chi connectivity index (χ2v) is 3.85. The summed E-state index contributed by atoms with van der Waals surface area (Å²) in [4.78, 5) is 26.6. The van der Waals surface area contributed by atoms with Crippen molar-refractivity contribution in [2.45, 2.75) is 18.9 Å². The maximum Gasteiger partial charge on any atom is 0.377 e. The van der Waals surface area contributed by atoms with E-state index >= 15 is 0 Å². The molecule has 0 aliphatic heterocycles. The van der Waals surface area contributed by atoms with Crippen molar-refractivity contribution in [1.82, 2.24) is 14.8 Å². The first-order chi connectivity index (χ1) is 8.17. The summed E-state index contributed by atoms with van der Waals surface area (Å²) in [6, 6.07) is -0.495. The molecule has 2 rings (SSSR count). The zero-order chi connectivity index (χ0) is 12.4. The maximum absolute atomic E-state index is 11.6. The molecule has 0 bridgehead atoms. The van der Waals surface area contributed by atoms with Crippen LogP contribution in [0.25, 0.3) is 0 Å². The fourth-order valence-electron chi connectivity index (χ4n) is 1.64. The van der Waals surface area contributed by atoms with Crippen LogP contribution in [0.3, 0.4) is 0 Å². The molecule has 1 aliphatic carbocycles. The number of rotatable bonds is 4. The van der Waals surface area contributed by atoms with Crippen LogP contribution in [0.4, 0.5) is 0 Å². The Morgan fingerprint density at radius 1 is 1.41 bits per heavy atom. The molecule has 17 heavy (non-hydrogen) atoms. The van der Waals surface area contributed by atoms with E-state index in [9.17, 15) is 9.59 Å². The van der Waals surface area contributed by atoms with Gasteiger partial charge in [-0.2, -0.15) is 0 Å². The summed E-state index contributed by atoms with van der Waals surface area (Å²) in [5, 5.41) is 3.94. The number of carbonyl (C=O) groups excluding carboxylic acids is 2. The summed E-state index contributed by atoms with van der Waals surface area (Å²) in [6.45, 7) is 0. The number of hydrogen-bond donors (Lipinski definition) is 0. The first kappa shape index (κ1) is 11.6. The monoisotopic (exact) mass is 239 g/mol. The number of methoxy groups -OCH3 is 2. The van der Waals surface area contributed by atoms with E-state index in [2.05, 4.69) is 14.8 Å². The highest BCUT2D eigenvalue weighted by Gasteiger charge is 2.39. The molecule has 0 aromatic carbocycles. The zero-order valence-corrected chi connectivity index (χ0v) is 9.62. The lowest BCUT2D eigenvalue weighted by Gasteiger charge is -2.12. The predicted molar refractivity (Wildman–Crippen MR) is 55.1 cm³/mol. The van der Waals surface area contributed by atoms with Gasteiger partial charge >= 0.3 is 11.9 Å². The second-order valence-electron chi connectivity index (χ2n) is 3.85. The second kappa shape index (κ2) is 4.52. The minimum atomic E-state index is -0.622. The molecule has 0 radical (unpaired) electrons. The Kier molecular flexibility index (Phi) is 3.08. The molecule has 0 amide bonds. The molecule has 0 spiro atoms. The highest BCUT2D eigenvalue weighted by molar-refractivity contribution is 5.84. The van der Waals surface area contributed by atoms with Crippen molar-refractivity contribution < 1.29 is 19.1 Å². The van der Waals surface area contributed by atoms with Crippen LogP contribution < -0.4 is 0 Å². The Bertz CT molecular complexity index is 439. The average molecular weight is 239 g/mol. The fourth-order valence-corrected chi connectivity index (χ4v) is 1.64. The summed E-state index contributed by atoms with van der Waals surface area (Å²) >= 11 is 0. The summed E-state index contributed by atoms with van der Waals surface area (Å²) < 4.78 is 10.6. The Hall–Kier alpha value is -1.92. The van der Waals surface area contributed by atoms with E-state index in [4.69, 9.17) is 4.74 Å². The normalized spacial score (nSPS) is 16.4. The molecule has 1 atom stereocenters. The SMILES string of the molecule is COC(=O)c1ncn(C(C(=O)OC)C2CC2)n1. The molecule has 7 nitrogen and oxygen atoms in total. The van der Waals surface area contributed by atoms with Gasteiger partial charge in [-0.05, 0) is 18.8 Å². The molecule has 92 valence electrons. The molecule has 1 aromatic heterocycles. The van der Waals surface area contributed by atoms with Gasteiger partial charge in [-0.25, -0.2) is 19.3 Å². The third-order valence-electron chi connectivity index (χ3n) is 2.67. The van der Waals surface area contributed by atoms with Crippen molar-refractivity contribution in [2.24, 2.45) is 5.92 Å². The van der Waals surface area contributed by atoms with E-state index in [1.165, 1.54) is 25.2 Å². The molecule has 1 unspecified atom stereocenters. The smallest absolute Gasteiger partial charge is 0.377 e. The fraction of sp³-hybridized carbons (Fsp3) is 0.600. The quantitative estimate of drug-likeness (QED) is 0.697. The van der Waals surface area contributed by atoms with Crippen molar-refractivity contribution in [3.63, 3.8) is 0 Å². The van der Waals surface area contributed by atoms with E-state index in [1.54, 1.807) is 0 Å². The lowest BCUT2D eigenvalue weighted by molar-refractivity contribution is -0.145. The molecular weight excluding hydrogens is 226 g/mol. The third-order valence-corrected chi connectivity index (χ3v) is 2.67. The zero-order valence-electron chi connectivity index (χ0n) is 9.62. The van der Waals surface area contributed by atoms with Gasteiger partial charge in [-0.3, -0.25) is 0 Å². The van der Waals surface area contributed by atoms with E-state index in [0.29, 0.717) is 0 Å². The van der Waals surface area contributed by atoms with Crippen LogP contribution in [-0.2, 0) is 14.3 Å². The maximum atomic E-state index is 11.6. The first-order valence-corrected chi connectivity index (χ1v) is 5.24. The van der Waals surface area contributed by atoms with Gasteiger partial charge in [-0.15, -0.1) is 5.10 Å². The Balaban J connectivity index is 2.21. The van der Waals surface area contributed by atoms with E-state index < -0.39 is 12.0 Å². The molecule has 1 aliphatic rings. The Labute approximate surface area is 97.7 Å². The van der Waals surface area contributed by atoms with Crippen molar-refractivity contribution in [2.75, 3.05) is 14.2 Å². The molecule has 1 saturated carbocycles. The van der Waals surface area contributed by atoms with Crippen molar-refractivity contribution in [3.05, 3.63) is 12.2 Å². The largest absolute Gasteiger partial charge is 0.467 e. The van der Waals surface area contributed by atoms with Crippen molar-refractivity contribution in [3.8, 4) is 0 Å². The topological polar surface area (TPSA) is 83.3 Å². The van der Waals surface area contributed by atoms with E-state index in [1.807, 2.05) is 0 Å². The lowest BCUT2D eigenvalue weighted by Crippen LogP contribution is -2.23. The van der Waals surface area contributed by atoms with Gasteiger partial charge in [0.2, 0.25) is 0 Å². The minimum Gasteiger partial charge on any atom is -0.467 e. The highest BCUT2D eigenvalue weighted by Crippen LogP contribution is 2.39. The van der Waals surface area contributed by atoms with Gasteiger partial charge in [0, 0.05) is 0 Å². The van der Waals surface area contributed by atoms with Gasteiger partial charge in [-0.1, -0.05) is 0 Å². The van der Waals surface area contributed by atoms with Crippen LogP contribution in [0.5, 0.6) is 0 Å². The lowest BCUT2D eigenvalue weighted by atomic mass is 10.2. The molecule has 1 aromatic rings. The number of hydrogen-bond acceptors (Lipinski definition) is 6.